The molecule has 0 saturated heterocycles. The summed E-state index contributed by atoms with van der Waals surface area (Å²) < 4.78 is 13.8. The highest BCUT2D eigenvalue weighted by atomic mass is 19.1. The molecular formula is C17H12FNO. The number of para-hydroxylation sites is 1. The van der Waals surface area contributed by atoms with E-state index in [0.717, 1.165) is 22.1 Å². The molecule has 3 heteroatoms. The molecular weight excluding hydrogens is 253 g/mol. The fourth-order valence-corrected chi connectivity index (χ4v) is 3.16. The van der Waals surface area contributed by atoms with Crippen LogP contribution in [0.4, 0.5) is 4.39 Å². The second-order valence-corrected chi connectivity index (χ2v) is 5.17. The summed E-state index contributed by atoms with van der Waals surface area (Å²) in [5.74, 6) is -0.0723. The fraction of sp³-hybridized carbons (Fsp3) is 0.118. The lowest BCUT2D eigenvalue weighted by Crippen LogP contribution is -1.95. The first kappa shape index (κ1) is 11.4. The summed E-state index contributed by atoms with van der Waals surface area (Å²) in [6, 6.07) is 12.7. The van der Waals surface area contributed by atoms with E-state index in [1.807, 2.05) is 36.5 Å². The highest BCUT2D eigenvalue weighted by molar-refractivity contribution is 6.02. The first-order chi connectivity index (χ1) is 9.75. The zero-order valence-electron chi connectivity index (χ0n) is 10.7. The van der Waals surface area contributed by atoms with E-state index in [1.165, 1.54) is 6.07 Å². The minimum Gasteiger partial charge on any atom is -0.358 e. The highest BCUT2D eigenvalue weighted by Gasteiger charge is 2.31. The monoisotopic (exact) mass is 265 g/mol. The lowest BCUT2D eigenvalue weighted by Gasteiger charge is -2.09. The highest BCUT2D eigenvalue weighted by Crippen LogP contribution is 2.40. The zero-order valence-corrected chi connectivity index (χ0v) is 10.7. The molecule has 1 atom stereocenters. The van der Waals surface area contributed by atoms with E-state index in [2.05, 4.69) is 4.98 Å². The number of fused-ring (bicyclic) bond motifs is 2. The summed E-state index contributed by atoms with van der Waals surface area (Å²) in [4.78, 5) is 15.1. The van der Waals surface area contributed by atoms with Crippen LogP contribution in [0.15, 0.2) is 48.7 Å². The molecule has 0 aliphatic heterocycles. The Bertz CT molecular complexity index is 834. The minimum atomic E-state index is -0.258. The molecule has 0 saturated carbocycles. The summed E-state index contributed by atoms with van der Waals surface area (Å²) in [5.41, 5.74) is 3.35. The van der Waals surface area contributed by atoms with Crippen molar-refractivity contribution in [2.75, 3.05) is 0 Å². The average Bonchev–Trinajstić information content (AvgIpc) is 3.02. The number of Topliss-reactive ketones (excluding diaryl/α,β-unsaturated/α-hetero) is 1. The Morgan fingerprint density at radius 3 is 2.80 bits per heavy atom. The first-order valence-corrected chi connectivity index (χ1v) is 6.63. The summed E-state index contributed by atoms with van der Waals surface area (Å²) in [7, 11) is 0. The van der Waals surface area contributed by atoms with Crippen LogP contribution in [0, 0.1) is 5.82 Å². The van der Waals surface area contributed by atoms with Crippen molar-refractivity contribution in [3.8, 4) is 0 Å². The van der Waals surface area contributed by atoms with Crippen molar-refractivity contribution in [3.63, 3.8) is 0 Å². The first-order valence-electron chi connectivity index (χ1n) is 6.63. The molecule has 1 aliphatic rings. The van der Waals surface area contributed by atoms with Crippen LogP contribution in [0.25, 0.3) is 10.9 Å². The molecule has 98 valence electrons. The predicted octanol–water partition coefficient (Wildman–Crippen LogP) is 4.03. The van der Waals surface area contributed by atoms with E-state index >= 15 is 0 Å². The third kappa shape index (κ3) is 1.46. The van der Waals surface area contributed by atoms with Gasteiger partial charge in [-0.3, -0.25) is 4.79 Å². The van der Waals surface area contributed by atoms with Crippen molar-refractivity contribution in [2.45, 2.75) is 12.3 Å². The van der Waals surface area contributed by atoms with Crippen molar-refractivity contribution in [1.82, 2.24) is 4.98 Å². The van der Waals surface area contributed by atoms with E-state index in [9.17, 15) is 9.18 Å². The van der Waals surface area contributed by atoms with Crippen molar-refractivity contribution >= 4 is 16.7 Å². The number of ketones is 1. The Morgan fingerprint density at radius 2 is 1.90 bits per heavy atom. The number of carbonyl (C=O) groups is 1. The lowest BCUT2D eigenvalue weighted by molar-refractivity contribution is 0.0991. The van der Waals surface area contributed by atoms with Crippen molar-refractivity contribution in [2.24, 2.45) is 0 Å². The summed E-state index contributed by atoms with van der Waals surface area (Å²) in [6.45, 7) is 0. The van der Waals surface area contributed by atoms with Gasteiger partial charge in [-0.2, -0.15) is 0 Å². The van der Waals surface area contributed by atoms with Gasteiger partial charge in [0.15, 0.2) is 5.78 Å². The predicted molar refractivity (Wildman–Crippen MR) is 75.5 cm³/mol. The average molecular weight is 265 g/mol. The molecule has 3 aromatic rings. The molecule has 1 N–H and O–H groups in total. The van der Waals surface area contributed by atoms with E-state index in [0.29, 0.717) is 11.9 Å². The van der Waals surface area contributed by atoms with Crippen LogP contribution >= 0.6 is 0 Å². The van der Waals surface area contributed by atoms with Gasteiger partial charge in [0.25, 0.3) is 0 Å². The number of nitrogens with one attached hydrogen (secondary N) is 1. The Hall–Kier alpha value is -2.42. The molecule has 0 bridgehead atoms. The summed E-state index contributed by atoms with van der Waals surface area (Å²) >= 11 is 0. The fourth-order valence-electron chi connectivity index (χ4n) is 3.16. The molecule has 1 unspecified atom stereocenters. The number of halogens is 1. The zero-order chi connectivity index (χ0) is 13.7. The maximum absolute atomic E-state index is 13.8. The summed E-state index contributed by atoms with van der Waals surface area (Å²) in [6.07, 6.45) is 2.29. The SMILES string of the molecule is O=C1CC(c2c[nH]c3c(F)cccc23)c2ccccc21. The van der Waals surface area contributed by atoms with Crippen molar-refractivity contribution < 1.29 is 9.18 Å². The molecule has 0 spiro atoms. The Morgan fingerprint density at radius 1 is 1.05 bits per heavy atom. The molecule has 1 heterocycles. The molecule has 2 aromatic carbocycles. The van der Waals surface area contributed by atoms with Crippen LogP contribution in [0.5, 0.6) is 0 Å². The van der Waals surface area contributed by atoms with Gasteiger partial charge in [-0.15, -0.1) is 0 Å². The van der Waals surface area contributed by atoms with Gasteiger partial charge in [0.1, 0.15) is 5.82 Å². The van der Waals surface area contributed by atoms with Gasteiger partial charge in [-0.25, -0.2) is 4.39 Å². The molecule has 4 rings (SSSR count). The second-order valence-electron chi connectivity index (χ2n) is 5.17. The molecule has 0 amide bonds. The van der Waals surface area contributed by atoms with Gasteiger partial charge in [0, 0.05) is 29.5 Å². The minimum absolute atomic E-state index is 0.0225. The molecule has 20 heavy (non-hydrogen) atoms. The Balaban J connectivity index is 1.94. The molecule has 0 fully saturated rings. The molecule has 1 aromatic heterocycles. The van der Waals surface area contributed by atoms with Gasteiger partial charge < -0.3 is 4.98 Å². The van der Waals surface area contributed by atoms with Crippen molar-refractivity contribution in [3.05, 3.63) is 71.2 Å². The smallest absolute Gasteiger partial charge is 0.164 e. The molecule has 0 radical (unpaired) electrons. The largest absolute Gasteiger partial charge is 0.358 e. The third-order valence-electron chi connectivity index (χ3n) is 4.10. The van der Waals surface area contributed by atoms with Crippen LogP contribution in [0.3, 0.4) is 0 Å². The normalized spacial score (nSPS) is 17.6. The van der Waals surface area contributed by atoms with Crippen LogP contribution in [-0.2, 0) is 0 Å². The number of hydrogen-bond donors (Lipinski definition) is 1. The van der Waals surface area contributed by atoms with E-state index < -0.39 is 0 Å². The molecule has 2 nitrogen and oxygen atoms in total. The standard InChI is InChI=1S/C17H12FNO/c18-15-7-3-6-12-14(9-19-17(12)15)13-8-16(20)11-5-2-1-4-10(11)13/h1-7,9,13,19H,8H2. The van der Waals surface area contributed by atoms with Crippen LogP contribution < -0.4 is 0 Å². The van der Waals surface area contributed by atoms with Gasteiger partial charge in [0.05, 0.1) is 5.52 Å². The Labute approximate surface area is 115 Å². The number of aromatic nitrogens is 1. The van der Waals surface area contributed by atoms with E-state index in [4.69, 9.17) is 0 Å². The van der Waals surface area contributed by atoms with Crippen molar-refractivity contribution in [1.29, 1.82) is 0 Å². The maximum Gasteiger partial charge on any atom is 0.164 e. The summed E-state index contributed by atoms with van der Waals surface area (Å²) in [5, 5.41) is 0.861. The van der Waals surface area contributed by atoms with E-state index in [-0.39, 0.29) is 17.5 Å². The maximum atomic E-state index is 13.8. The van der Waals surface area contributed by atoms with E-state index in [1.54, 1.807) is 6.07 Å². The van der Waals surface area contributed by atoms with Crippen LogP contribution in [-0.4, -0.2) is 10.8 Å². The van der Waals surface area contributed by atoms with Gasteiger partial charge in [0.2, 0.25) is 0 Å². The Kier molecular flexibility index (Phi) is 2.30. The van der Waals surface area contributed by atoms with Gasteiger partial charge in [-0.1, -0.05) is 36.4 Å². The number of rotatable bonds is 1. The molecule has 1 aliphatic carbocycles. The number of H-pyrrole nitrogens is 1. The second kappa shape index (κ2) is 4.04. The van der Waals surface area contributed by atoms with Crippen LogP contribution in [0.2, 0.25) is 0 Å². The third-order valence-corrected chi connectivity index (χ3v) is 4.10. The number of benzene rings is 2. The lowest BCUT2D eigenvalue weighted by atomic mass is 9.93. The quantitative estimate of drug-likeness (QED) is 0.708. The number of aromatic amines is 1. The van der Waals surface area contributed by atoms with Crippen LogP contribution in [0.1, 0.15) is 33.8 Å². The number of carbonyl (C=O) groups excluding carboxylic acids is 1. The number of hydrogen-bond acceptors (Lipinski definition) is 1. The van der Waals surface area contributed by atoms with Gasteiger partial charge in [-0.05, 0) is 17.2 Å². The topological polar surface area (TPSA) is 32.9 Å². The van der Waals surface area contributed by atoms with Gasteiger partial charge >= 0.3 is 0 Å².